The second-order valence-electron chi connectivity index (χ2n) is 15.7. The number of hydrogen-bond acceptors (Lipinski definition) is 10. The summed E-state index contributed by atoms with van der Waals surface area (Å²) in [5.41, 5.74) is 2.91. The van der Waals surface area contributed by atoms with Crippen LogP contribution in [-0.4, -0.2) is 62.2 Å². The van der Waals surface area contributed by atoms with Gasteiger partial charge in [-0.2, -0.15) is 10.2 Å². The van der Waals surface area contributed by atoms with Crippen LogP contribution in [0.15, 0.2) is 42.7 Å². The maximum Gasteiger partial charge on any atom is 0.476 e. The molecule has 2 N–H and O–H groups in total. The number of anilines is 1. The normalized spacial score (nSPS) is 16.6. The Bertz CT molecular complexity index is 2100. The van der Waals surface area contributed by atoms with Crippen molar-refractivity contribution in [3.8, 4) is 17.0 Å². The number of carbonyl (C=O) groups is 2. The Morgan fingerprint density at radius 1 is 1.00 bits per heavy atom. The average molecular weight is 798 g/mol. The first-order chi connectivity index (χ1) is 26.5. The number of benzene rings is 1. The van der Waals surface area contributed by atoms with Crippen molar-refractivity contribution in [1.82, 2.24) is 29.9 Å². The highest BCUT2D eigenvalue weighted by Gasteiger charge is 2.58. The van der Waals surface area contributed by atoms with E-state index in [4.69, 9.17) is 18.3 Å². The molecular formula is C39H50F2N7O7P. The first-order valence-electron chi connectivity index (χ1n) is 18.8. The standard InChI is InChI=1S/C39H50F2N7O7P/c1-22(2)18-53-56(51,54-19-23(3)4)55-21-47-26(8)34(25(7)46-47)31-10-9-27(17-42-31)44-38(50)36(45-37(49)32-11-14-43-48(32)24(5)6)35-28-15-29(40)30(41)16-33(28)52-20-39(35)12-13-39/h9-11,14-17,22-24,35-36H,12-13,18-21H2,1-8H3,(H,44,50)(H,45,49)/t35?,36-/m0/s1. The van der Waals surface area contributed by atoms with Crippen molar-refractivity contribution in [2.24, 2.45) is 17.3 Å². The molecule has 1 saturated carbocycles. The van der Waals surface area contributed by atoms with E-state index in [9.17, 15) is 22.9 Å². The summed E-state index contributed by atoms with van der Waals surface area (Å²) in [5, 5.41) is 14.7. The minimum atomic E-state index is -3.88. The quantitative estimate of drug-likeness (QED) is 0.107. The van der Waals surface area contributed by atoms with E-state index in [1.165, 1.54) is 12.4 Å². The number of nitrogens with zero attached hydrogens (tertiary/aromatic N) is 5. The van der Waals surface area contributed by atoms with Crippen molar-refractivity contribution < 1.29 is 41.2 Å². The van der Waals surface area contributed by atoms with E-state index >= 15 is 0 Å². The summed E-state index contributed by atoms with van der Waals surface area (Å²) in [4.78, 5) is 32.8. The van der Waals surface area contributed by atoms with Crippen molar-refractivity contribution >= 4 is 25.3 Å². The number of halogens is 2. The van der Waals surface area contributed by atoms with Crippen LogP contribution in [-0.2, 0) is 29.7 Å². The molecule has 3 aromatic heterocycles. The van der Waals surface area contributed by atoms with Crippen LogP contribution in [0.25, 0.3) is 11.3 Å². The molecule has 6 rings (SSSR count). The van der Waals surface area contributed by atoms with Gasteiger partial charge in [-0.1, -0.05) is 27.7 Å². The Hall–Kier alpha value is -4.50. The number of ether oxygens (including phenoxy) is 1. The second kappa shape index (κ2) is 16.5. The van der Waals surface area contributed by atoms with Gasteiger partial charge < -0.3 is 15.4 Å². The van der Waals surface area contributed by atoms with Gasteiger partial charge in [-0.05, 0) is 76.6 Å². The predicted molar refractivity (Wildman–Crippen MR) is 204 cm³/mol. The smallest absolute Gasteiger partial charge is 0.476 e. The highest BCUT2D eigenvalue weighted by molar-refractivity contribution is 7.48. The molecule has 14 nitrogen and oxygen atoms in total. The number of carbonyl (C=O) groups excluding carboxylic acids is 2. The zero-order chi connectivity index (χ0) is 40.5. The van der Waals surface area contributed by atoms with Gasteiger partial charge in [-0.3, -0.25) is 32.8 Å². The molecule has 17 heteroatoms. The van der Waals surface area contributed by atoms with Gasteiger partial charge in [-0.15, -0.1) is 0 Å². The van der Waals surface area contributed by atoms with Gasteiger partial charge in [0.05, 0.1) is 43.1 Å². The molecule has 1 unspecified atom stereocenters. The fraction of sp³-hybridized carbons (Fsp3) is 0.513. The number of phosphoric acid groups is 1. The summed E-state index contributed by atoms with van der Waals surface area (Å²) in [5.74, 6) is -3.63. The topological polar surface area (TPSA) is 161 Å². The molecule has 302 valence electrons. The first-order valence-corrected chi connectivity index (χ1v) is 20.3. The zero-order valence-corrected chi connectivity index (χ0v) is 33.9. The predicted octanol–water partition coefficient (Wildman–Crippen LogP) is 7.74. The van der Waals surface area contributed by atoms with Crippen molar-refractivity contribution in [3.63, 3.8) is 0 Å². The van der Waals surface area contributed by atoms with Gasteiger partial charge >= 0.3 is 7.82 Å². The number of aromatic nitrogens is 5. The van der Waals surface area contributed by atoms with Crippen molar-refractivity contribution in [3.05, 3.63) is 77.0 Å². The maximum atomic E-state index is 14.8. The van der Waals surface area contributed by atoms with Gasteiger partial charge in [-0.25, -0.2) is 18.0 Å². The van der Waals surface area contributed by atoms with Crippen molar-refractivity contribution in [2.75, 3.05) is 25.1 Å². The third-order valence-corrected chi connectivity index (χ3v) is 11.3. The van der Waals surface area contributed by atoms with Gasteiger partial charge in [0.25, 0.3) is 5.91 Å². The van der Waals surface area contributed by atoms with Gasteiger partial charge in [0, 0.05) is 46.5 Å². The average Bonchev–Trinajstić information content (AvgIpc) is 3.60. The third kappa shape index (κ3) is 8.88. The Balaban J connectivity index is 1.24. The zero-order valence-electron chi connectivity index (χ0n) is 33.0. The van der Waals surface area contributed by atoms with Crippen LogP contribution in [0, 0.1) is 42.7 Å². The van der Waals surface area contributed by atoms with Crippen LogP contribution < -0.4 is 15.4 Å². The fourth-order valence-corrected chi connectivity index (χ4v) is 8.31. The fourth-order valence-electron chi connectivity index (χ4n) is 6.87. The molecule has 1 aliphatic carbocycles. The Labute approximate surface area is 325 Å². The molecule has 4 aromatic rings. The van der Waals surface area contributed by atoms with Crippen LogP contribution in [0.2, 0.25) is 0 Å². The Kier molecular flexibility index (Phi) is 12.1. The largest absolute Gasteiger partial charge is 0.493 e. The second-order valence-corrected chi connectivity index (χ2v) is 17.4. The lowest BCUT2D eigenvalue weighted by Gasteiger charge is -2.38. The van der Waals surface area contributed by atoms with Crippen LogP contribution in [0.1, 0.15) is 93.8 Å². The summed E-state index contributed by atoms with van der Waals surface area (Å²) < 4.78 is 68.4. The lowest BCUT2D eigenvalue weighted by Crippen LogP contribution is -2.52. The number of aryl methyl sites for hydroxylation is 1. The number of fused-ring (bicyclic) bond motifs is 1. The lowest BCUT2D eigenvalue weighted by molar-refractivity contribution is -0.119. The monoisotopic (exact) mass is 797 g/mol. The summed E-state index contributed by atoms with van der Waals surface area (Å²) in [7, 11) is -3.88. The molecule has 56 heavy (non-hydrogen) atoms. The SMILES string of the molecule is Cc1nn(COP(=O)(OCC(C)C)OCC(C)C)c(C)c1-c1ccc(NC(=O)[C@@H](NC(=O)c2ccnn2C(C)C)C2c3cc(F)c(F)cc3OCC23CC3)cn1. The van der Waals surface area contributed by atoms with E-state index in [2.05, 4.69) is 25.8 Å². The Morgan fingerprint density at radius 3 is 2.29 bits per heavy atom. The van der Waals surface area contributed by atoms with Gasteiger partial charge in [0.2, 0.25) is 5.91 Å². The highest BCUT2D eigenvalue weighted by atomic mass is 31.2. The van der Waals surface area contributed by atoms with Crippen LogP contribution in [0.3, 0.4) is 0 Å². The number of hydrogen-bond donors (Lipinski definition) is 2. The highest BCUT2D eigenvalue weighted by Crippen LogP contribution is 2.61. The minimum Gasteiger partial charge on any atom is -0.493 e. The summed E-state index contributed by atoms with van der Waals surface area (Å²) >= 11 is 0. The maximum absolute atomic E-state index is 14.8. The number of nitrogens with one attached hydrogen (secondary N) is 2. The van der Waals surface area contributed by atoms with E-state index in [-0.39, 0.29) is 55.9 Å². The molecule has 0 saturated heterocycles. The lowest BCUT2D eigenvalue weighted by atomic mass is 9.75. The van der Waals surface area contributed by atoms with Crippen LogP contribution >= 0.6 is 7.82 Å². The van der Waals surface area contributed by atoms with Crippen molar-refractivity contribution in [1.29, 1.82) is 0 Å². The molecule has 2 aliphatic rings. The van der Waals surface area contributed by atoms with Crippen LogP contribution in [0.5, 0.6) is 5.75 Å². The van der Waals surface area contributed by atoms with E-state index in [0.29, 0.717) is 46.7 Å². The Morgan fingerprint density at radius 2 is 1.68 bits per heavy atom. The van der Waals surface area contributed by atoms with E-state index in [0.717, 1.165) is 12.1 Å². The van der Waals surface area contributed by atoms with Crippen LogP contribution in [0.4, 0.5) is 14.5 Å². The van der Waals surface area contributed by atoms with Gasteiger partial charge in [0.1, 0.15) is 17.5 Å². The minimum absolute atomic E-state index is 0.114. The summed E-state index contributed by atoms with van der Waals surface area (Å²) in [6.07, 6.45) is 4.33. The molecule has 2 atom stereocenters. The van der Waals surface area contributed by atoms with Gasteiger partial charge in [0.15, 0.2) is 18.4 Å². The van der Waals surface area contributed by atoms with E-state index in [1.54, 1.807) is 27.6 Å². The first kappa shape index (κ1) is 41.1. The molecule has 1 aromatic carbocycles. The summed E-state index contributed by atoms with van der Waals surface area (Å²) in [6.45, 7) is 15.5. The molecule has 2 amide bonds. The molecule has 4 heterocycles. The third-order valence-electron chi connectivity index (χ3n) is 9.89. The molecule has 1 spiro atoms. The molecule has 1 aliphatic heterocycles. The van der Waals surface area contributed by atoms with E-state index in [1.807, 2.05) is 55.4 Å². The number of phosphoric ester groups is 1. The number of pyridine rings is 1. The molecule has 0 bridgehead atoms. The summed E-state index contributed by atoms with van der Waals surface area (Å²) in [6, 6.07) is 5.65. The van der Waals surface area contributed by atoms with Crippen molar-refractivity contribution in [2.45, 2.75) is 93.0 Å². The number of rotatable bonds is 16. The molecule has 1 fully saturated rings. The number of amides is 2. The molecular weight excluding hydrogens is 747 g/mol. The van der Waals surface area contributed by atoms with E-state index < -0.39 is 48.6 Å². The molecule has 0 radical (unpaired) electrons.